The third kappa shape index (κ3) is 3.53. The number of halogens is 3. The van der Waals surface area contributed by atoms with Crippen molar-refractivity contribution in [3.05, 3.63) is 65.9 Å². The van der Waals surface area contributed by atoms with E-state index in [-0.39, 0.29) is 17.1 Å². The Balaban J connectivity index is 1.86. The average Bonchev–Trinajstić information content (AvgIpc) is 3.11. The number of rotatable bonds is 4. The largest absolute Gasteiger partial charge is 0.496 e. The van der Waals surface area contributed by atoms with E-state index in [0.717, 1.165) is 6.07 Å². The molecule has 0 aliphatic rings. The maximum Gasteiger partial charge on any atom is 0.418 e. The van der Waals surface area contributed by atoms with E-state index >= 15 is 0 Å². The lowest BCUT2D eigenvalue weighted by Crippen LogP contribution is -2.16. The lowest BCUT2D eigenvalue weighted by Gasteiger charge is -2.12. The van der Waals surface area contributed by atoms with Crippen LogP contribution in [0.15, 0.2) is 59.1 Å². The molecule has 1 aromatic heterocycles. The molecule has 5 nitrogen and oxygen atoms in total. The molecule has 2 aromatic carbocycles. The molecular formula is C18H13F3N2O3. The number of amides is 1. The lowest BCUT2D eigenvalue weighted by atomic mass is 10.1. The van der Waals surface area contributed by atoms with Gasteiger partial charge in [0.1, 0.15) is 5.75 Å². The number of hydrogen-bond acceptors (Lipinski definition) is 4. The zero-order valence-electron chi connectivity index (χ0n) is 13.5. The molecule has 0 radical (unpaired) electrons. The van der Waals surface area contributed by atoms with E-state index in [1.54, 1.807) is 24.3 Å². The Bertz CT molecular complexity index is 935. The summed E-state index contributed by atoms with van der Waals surface area (Å²) in [6, 6.07) is 13.0. The number of carbonyl (C=O) groups excluding carboxylic acids is 1. The summed E-state index contributed by atoms with van der Waals surface area (Å²) < 4.78 is 49.4. The molecule has 0 aliphatic heterocycles. The van der Waals surface area contributed by atoms with Crippen LogP contribution in [0.3, 0.4) is 0 Å². The minimum Gasteiger partial charge on any atom is -0.496 e. The van der Waals surface area contributed by atoms with Crippen molar-refractivity contribution in [3.63, 3.8) is 0 Å². The second kappa shape index (κ2) is 6.91. The first kappa shape index (κ1) is 17.5. The van der Waals surface area contributed by atoms with Gasteiger partial charge in [0.05, 0.1) is 23.9 Å². The van der Waals surface area contributed by atoms with Gasteiger partial charge in [-0.3, -0.25) is 4.79 Å². The minimum atomic E-state index is -4.59. The number of nitrogens with one attached hydrogen (secondary N) is 1. The molecule has 0 fully saturated rings. The summed E-state index contributed by atoms with van der Waals surface area (Å²) in [6.45, 7) is 0. The molecule has 1 N–H and O–H groups in total. The molecule has 1 heterocycles. The standard InChI is InChI=1S/C18H13F3N2O3/c1-25-15-9-5-2-6-11(15)16-10-14(23-26-16)17(24)22-13-8-4-3-7-12(13)18(19,20)21/h2-10H,1H3,(H,22,24). The zero-order chi connectivity index (χ0) is 18.7. The van der Waals surface area contributed by atoms with Crippen molar-refractivity contribution in [2.75, 3.05) is 12.4 Å². The molecule has 134 valence electrons. The van der Waals surface area contributed by atoms with Gasteiger partial charge < -0.3 is 14.6 Å². The van der Waals surface area contributed by atoms with Crippen molar-refractivity contribution in [2.45, 2.75) is 6.18 Å². The predicted molar refractivity (Wildman–Crippen MR) is 87.9 cm³/mol. The Kier molecular flexibility index (Phi) is 4.66. The first-order valence-corrected chi connectivity index (χ1v) is 7.48. The van der Waals surface area contributed by atoms with Crippen molar-refractivity contribution in [1.29, 1.82) is 0 Å². The molecule has 1 amide bonds. The summed E-state index contributed by atoms with van der Waals surface area (Å²) in [4.78, 5) is 12.3. The van der Waals surface area contributed by atoms with Crippen molar-refractivity contribution < 1.29 is 27.2 Å². The van der Waals surface area contributed by atoms with Gasteiger partial charge in [0.15, 0.2) is 11.5 Å². The monoisotopic (exact) mass is 362 g/mol. The number of benzene rings is 2. The number of carbonyl (C=O) groups is 1. The van der Waals surface area contributed by atoms with Crippen LogP contribution >= 0.6 is 0 Å². The van der Waals surface area contributed by atoms with Crippen LogP contribution in [0.1, 0.15) is 16.1 Å². The summed E-state index contributed by atoms with van der Waals surface area (Å²) >= 11 is 0. The van der Waals surface area contributed by atoms with Crippen LogP contribution < -0.4 is 10.1 Å². The average molecular weight is 362 g/mol. The second-order valence-electron chi connectivity index (χ2n) is 5.27. The van der Waals surface area contributed by atoms with E-state index in [9.17, 15) is 18.0 Å². The van der Waals surface area contributed by atoms with Crippen LogP contribution in [-0.2, 0) is 6.18 Å². The van der Waals surface area contributed by atoms with Crippen LogP contribution in [0.4, 0.5) is 18.9 Å². The van der Waals surface area contributed by atoms with E-state index in [1.807, 2.05) is 0 Å². The summed E-state index contributed by atoms with van der Waals surface area (Å²) in [6.07, 6.45) is -4.59. The van der Waals surface area contributed by atoms with Crippen molar-refractivity contribution in [1.82, 2.24) is 5.16 Å². The van der Waals surface area contributed by atoms with Crippen LogP contribution in [0.5, 0.6) is 5.75 Å². The molecule has 3 aromatic rings. The van der Waals surface area contributed by atoms with E-state index in [0.29, 0.717) is 11.3 Å². The van der Waals surface area contributed by atoms with Gasteiger partial charge in [0, 0.05) is 6.07 Å². The van der Waals surface area contributed by atoms with Crippen LogP contribution in [0, 0.1) is 0 Å². The number of anilines is 1. The topological polar surface area (TPSA) is 64.4 Å². The molecule has 0 bridgehead atoms. The quantitative estimate of drug-likeness (QED) is 0.735. The van der Waals surface area contributed by atoms with Gasteiger partial charge in [0.2, 0.25) is 0 Å². The zero-order valence-corrected chi connectivity index (χ0v) is 13.5. The Labute approximate surface area is 146 Å². The van der Waals surface area contributed by atoms with E-state index in [2.05, 4.69) is 10.5 Å². The first-order valence-electron chi connectivity index (χ1n) is 7.48. The van der Waals surface area contributed by atoms with Crippen LogP contribution in [-0.4, -0.2) is 18.2 Å². The highest BCUT2D eigenvalue weighted by molar-refractivity contribution is 6.03. The molecule has 0 atom stereocenters. The van der Waals surface area contributed by atoms with Gasteiger partial charge in [-0.15, -0.1) is 0 Å². The van der Waals surface area contributed by atoms with Gasteiger partial charge in [-0.2, -0.15) is 13.2 Å². The highest BCUT2D eigenvalue weighted by Crippen LogP contribution is 2.35. The first-order chi connectivity index (χ1) is 12.4. The molecule has 0 unspecified atom stereocenters. The molecule has 0 saturated carbocycles. The fraction of sp³-hybridized carbons (Fsp3) is 0.111. The number of alkyl halides is 3. The SMILES string of the molecule is COc1ccccc1-c1cc(C(=O)Nc2ccccc2C(F)(F)F)no1. The molecule has 0 saturated heterocycles. The summed E-state index contributed by atoms with van der Waals surface area (Å²) in [5.41, 5.74) is -0.881. The number of methoxy groups -OCH3 is 1. The van der Waals surface area contributed by atoms with E-state index < -0.39 is 17.6 Å². The van der Waals surface area contributed by atoms with E-state index in [1.165, 1.54) is 31.4 Å². The highest BCUT2D eigenvalue weighted by Gasteiger charge is 2.33. The van der Waals surface area contributed by atoms with Crippen molar-refractivity contribution >= 4 is 11.6 Å². The third-order valence-corrected chi connectivity index (χ3v) is 3.60. The number of aromatic nitrogens is 1. The fourth-order valence-corrected chi connectivity index (χ4v) is 2.38. The maximum atomic E-state index is 13.0. The second-order valence-corrected chi connectivity index (χ2v) is 5.27. The van der Waals surface area contributed by atoms with Gasteiger partial charge in [-0.25, -0.2) is 0 Å². The maximum absolute atomic E-state index is 13.0. The Morgan fingerprint density at radius 3 is 2.54 bits per heavy atom. The number of hydrogen-bond donors (Lipinski definition) is 1. The van der Waals surface area contributed by atoms with Gasteiger partial charge in [-0.1, -0.05) is 29.4 Å². The Morgan fingerprint density at radius 2 is 1.81 bits per heavy atom. The third-order valence-electron chi connectivity index (χ3n) is 3.60. The number of para-hydroxylation sites is 2. The van der Waals surface area contributed by atoms with Crippen molar-refractivity contribution in [3.8, 4) is 17.1 Å². The molecule has 0 aliphatic carbocycles. The minimum absolute atomic E-state index is 0.150. The number of ether oxygens (including phenoxy) is 1. The fourth-order valence-electron chi connectivity index (χ4n) is 2.38. The van der Waals surface area contributed by atoms with Crippen LogP contribution in [0.2, 0.25) is 0 Å². The van der Waals surface area contributed by atoms with E-state index in [4.69, 9.17) is 9.26 Å². The number of nitrogens with zero attached hydrogens (tertiary/aromatic N) is 1. The summed E-state index contributed by atoms with van der Waals surface area (Å²) in [7, 11) is 1.48. The Hall–Kier alpha value is -3.29. The van der Waals surface area contributed by atoms with Crippen LogP contribution in [0.25, 0.3) is 11.3 Å². The molecule has 26 heavy (non-hydrogen) atoms. The molecule has 8 heteroatoms. The molecule has 3 rings (SSSR count). The van der Waals surface area contributed by atoms with Gasteiger partial charge in [0.25, 0.3) is 5.91 Å². The van der Waals surface area contributed by atoms with Crippen molar-refractivity contribution in [2.24, 2.45) is 0 Å². The normalized spacial score (nSPS) is 11.2. The molecule has 0 spiro atoms. The highest BCUT2D eigenvalue weighted by atomic mass is 19.4. The smallest absolute Gasteiger partial charge is 0.418 e. The molecular weight excluding hydrogens is 349 g/mol. The summed E-state index contributed by atoms with van der Waals surface area (Å²) in [5, 5.41) is 5.85. The lowest BCUT2D eigenvalue weighted by molar-refractivity contribution is -0.136. The Morgan fingerprint density at radius 1 is 1.12 bits per heavy atom. The predicted octanol–water partition coefficient (Wildman–Crippen LogP) is 4.62. The van der Waals surface area contributed by atoms with Gasteiger partial charge in [-0.05, 0) is 24.3 Å². The summed E-state index contributed by atoms with van der Waals surface area (Å²) in [5.74, 6) is -0.0404. The van der Waals surface area contributed by atoms with Gasteiger partial charge >= 0.3 is 6.18 Å².